The number of esters is 1. The monoisotopic (exact) mass is 288 g/mol. The van der Waals surface area contributed by atoms with Crippen LogP contribution < -0.4 is 10.1 Å². The summed E-state index contributed by atoms with van der Waals surface area (Å²) in [5.41, 5.74) is 0.862. The predicted octanol–water partition coefficient (Wildman–Crippen LogP) is 2.15. The molecule has 0 amide bonds. The minimum Gasteiger partial charge on any atom is -0.491 e. The molecule has 1 heterocycles. The number of rotatable bonds is 6. The van der Waals surface area contributed by atoms with Gasteiger partial charge in [-0.05, 0) is 18.2 Å². The molecule has 5 nitrogen and oxygen atoms in total. The molecule has 2 rings (SSSR count). The summed E-state index contributed by atoms with van der Waals surface area (Å²) < 4.78 is 10.5. The maximum absolute atomic E-state index is 11.7. The van der Waals surface area contributed by atoms with Gasteiger partial charge in [-0.2, -0.15) is 0 Å². The fourth-order valence-electron chi connectivity index (χ4n) is 2.04. The third-order valence-electron chi connectivity index (χ3n) is 3.01. The van der Waals surface area contributed by atoms with Crippen LogP contribution in [-0.2, 0) is 9.53 Å². The second kappa shape index (κ2) is 7.04. The number of carbonyl (C=O) groups excluding carboxylic acids is 1. The molecule has 0 saturated carbocycles. The molecule has 1 aromatic heterocycles. The third kappa shape index (κ3) is 4.16. The Kier molecular flexibility index (Phi) is 5.11. The maximum atomic E-state index is 11.7. The molecule has 112 valence electrons. The van der Waals surface area contributed by atoms with Crippen molar-refractivity contribution in [3.63, 3.8) is 0 Å². The van der Waals surface area contributed by atoms with Gasteiger partial charge in [-0.3, -0.25) is 15.1 Å². The molecule has 21 heavy (non-hydrogen) atoms. The average Bonchev–Trinajstić information content (AvgIpc) is 2.50. The predicted molar refractivity (Wildman–Crippen MR) is 81.3 cm³/mol. The van der Waals surface area contributed by atoms with Gasteiger partial charge in [0.15, 0.2) is 0 Å². The van der Waals surface area contributed by atoms with E-state index < -0.39 is 6.04 Å². The zero-order valence-electron chi connectivity index (χ0n) is 12.5. The number of hydrogen-bond acceptors (Lipinski definition) is 5. The first-order valence-corrected chi connectivity index (χ1v) is 6.91. The van der Waals surface area contributed by atoms with E-state index in [1.54, 1.807) is 6.20 Å². The van der Waals surface area contributed by atoms with Gasteiger partial charge < -0.3 is 9.47 Å². The van der Waals surface area contributed by atoms with Gasteiger partial charge in [-0.1, -0.05) is 19.9 Å². The second-order valence-electron chi connectivity index (χ2n) is 5.07. The highest BCUT2D eigenvalue weighted by molar-refractivity contribution is 5.79. The van der Waals surface area contributed by atoms with Crippen LogP contribution in [-0.4, -0.2) is 36.8 Å². The number of methoxy groups -OCH3 is 1. The van der Waals surface area contributed by atoms with Crippen molar-refractivity contribution in [2.24, 2.45) is 0 Å². The highest BCUT2D eigenvalue weighted by Gasteiger charge is 2.20. The number of fused-ring (bicyclic) bond motifs is 1. The Labute approximate surface area is 124 Å². The maximum Gasteiger partial charge on any atom is 0.326 e. The van der Waals surface area contributed by atoms with Crippen molar-refractivity contribution < 1.29 is 14.3 Å². The first-order chi connectivity index (χ1) is 10.1. The zero-order valence-corrected chi connectivity index (χ0v) is 12.5. The van der Waals surface area contributed by atoms with Crippen LogP contribution in [0, 0.1) is 0 Å². The van der Waals surface area contributed by atoms with Gasteiger partial charge in [0.25, 0.3) is 0 Å². The number of carbonyl (C=O) groups is 1. The highest BCUT2D eigenvalue weighted by Crippen LogP contribution is 2.18. The van der Waals surface area contributed by atoms with Crippen LogP contribution in [0.2, 0.25) is 0 Å². The first-order valence-electron chi connectivity index (χ1n) is 6.91. The molecule has 0 spiro atoms. The van der Waals surface area contributed by atoms with Gasteiger partial charge in [0.05, 0.1) is 12.6 Å². The lowest BCUT2D eigenvalue weighted by Crippen LogP contribution is -2.45. The van der Waals surface area contributed by atoms with Crippen molar-refractivity contribution in [2.45, 2.75) is 25.9 Å². The Morgan fingerprint density at radius 3 is 2.86 bits per heavy atom. The van der Waals surface area contributed by atoms with Gasteiger partial charge in [-0.25, -0.2) is 0 Å². The van der Waals surface area contributed by atoms with Crippen molar-refractivity contribution in [1.29, 1.82) is 0 Å². The number of hydrogen-bond donors (Lipinski definition) is 1. The fourth-order valence-corrected chi connectivity index (χ4v) is 2.04. The molecule has 1 N–H and O–H groups in total. The van der Waals surface area contributed by atoms with E-state index in [0.717, 1.165) is 10.9 Å². The number of nitrogens with one attached hydrogen (secondary N) is 1. The summed E-state index contributed by atoms with van der Waals surface area (Å²) in [6.07, 6.45) is 1.74. The van der Waals surface area contributed by atoms with Crippen LogP contribution >= 0.6 is 0 Å². The number of nitrogens with zero attached hydrogens (tertiary/aromatic N) is 1. The van der Waals surface area contributed by atoms with E-state index in [4.69, 9.17) is 9.47 Å². The SMILES string of the molecule is COC(=O)C(COc1ccc2cccnc2c1)NC(C)C. The third-order valence-corrected chi connectivity index (χ3v) is 3.01. The summed E-state index contributed by atoms with van der Waals surface area (Å²) in [5, 5.41) is 4.17. The Bertz CT molecular complexity index is 613. The zero-order chi connectivity index (χ0) is 15.2. The number of ether oxygens (including phenoxy) is 2. The van der Waals surface area contributed by atoms with E-state index in [2.05, 4.69) is 10.3 Å². The van der Waals surface area contributed by atoms with Crippen LogP contribution in [0.3, 0.4) is 0 Å². The van der Waals surface area contributed by atoms with Crippen LogP contribution in [0.4, 0.5) is 0 Å². The molecular formula is C16H20N2O3. The summed E-state index contributed by atoms with van der Waals surface area (Å²) in [7, 11) is 1.37. The van der Waals surface area contributed by atoms with Crippen LogP contribution in [0.5, 0.6) is 5.75 Å². The molecule has 0 aliphatic heterocycles. The van der Waals surface area contributed by atoms with Gasteiger partial charge in [0.2, 0.25) is 0 Å². The summed E-state index contributed by atoms with van der Waals surface area (Å²) in [5.74, 6) is 0.350. The lowest BCUT2D eigenvalue weighted by Gasteiger charge is -2.19. The largest absolute Gasteiger partial charge is 0.491 e. The minimum absolute atomic E-state index is 0.163. The molecule has 2 aromatic rings. The quantitative estimate of drug-likeness (QED) is 0.825. The lowest BCUT2D eigenvalue weighted by atomic mass is 10.2. The van der Waals surface area contributed by atoms with Crippen molar-refractivity contribution in [2.75, 3.05) is 13.7 Å². The van der Waals surface area contributed by atoms with E-state index in [9.17, 15) is 4.79 Å². The molecule has 0 aliphatic rings. The molecular weight excluding hydrogens is 268 g/mol. The molecule has 0 bridgehead atoms. The minimum atomic E-state index is -0.491. The van der Waals surface area contributed by atoms with Gasteiger partial charge in [-0.15, -0.1) is 0 Å². The molecule has 0 saturated heterocycles. The normalized spacial score (nSPS) is 12.4. The smallest absolute Gasteiger partial charge is 0.326 e. The molecule has 0 radical (unpaired) electrons. The highest BCUT2D eigenvalue weighted by atomic mass is 16.5. The number of pyridine rings is 1. The van der Waals surface area contributed by atoms with E-state index in [1.165, 1.54) is 7.11 Å². The van der Waals surface area contributed by atoms with E-state index in [1.807, 2.05) is 44.2 Å². The molecule has 0 fully saturated rings. The van der Waals surface area contributed by atoms with E-state index >= 15 is 0 Å². The Hall–Kier alpha value is -2.14. The molecule has 1 unspecified atom stereocenters. The van der Waals surface area contributed by atoms with Crippen molar-refractivity contribution in [1.82, 2.24) is 10.3 Å². The van der Waals surface area contributed by atoms with Crippen LogP contribution in [0.15, 0.2) is 36.5 Å². The lowest BCUT2D eigenvalue weighted by molar-refractivity contribution is -0.144. The van der Waals surface area contributed by atoms with Crippen molar-refractivity contribution in [3.05, 3.63) is 36.5 Å². The van der Waals surface area contributed by atoms with Crippen LogP contribution in [0.1, 0.15) is 13.8 Å². The summed E-state index contributed by atoms with van der Waals surface area (Å²) in [6.45, 7) is 4.15. The van der Waals surface area contributed by atoms with Gasteiger partial charge >= 0.3 is 5.97 Å². The standard InChI is InChI=1S/C16H20N2O3/c1-11(2)18-15(16(19)20-3)10-21-13-7-6-12-5-4-8-17-14(12)9-13/h4-9,11,15,18H,10H2,1-3H3. The molecule has 1 atom stereocenters. The van der Waals surface area contributed by atoms with Gasteiger partial charge in [0, 0.05) is 23.7 Å². The van der Waals surface area contributed by atoms with E-state index in [0.29, 0.717) is 5.75 Å². The van der Waals surface area contributed by atoms with Crippen molar-refractivity contribution >= 4 is 16.9 Å². The number of benzene rings is 1. The van der Waals surface area contributed by atoms with Crippen LogP contribution in [0.25, 0.3) is 10.9 Å². The average molecular weight is 288 g/mol. The summed E-state index contributed by atoms with van der Waals surface area (Å²) in [4.78, 5) is 16.0. The topological polar surface area (TPSA) is 60.5 Å². The Balaban J connectivity index is 2.06. The summed E-state index contributed by atoms with van der Waals surface area (Å²) >= 11 is 0. The molecule has 5 heteroatoms. The second-order valence-corrected chi connectivity index (χ2v) is 5.07. The number of aromatic nitrogens is 1. The Morgan fingerprint density at radius 1 is 1.33 bits per heavy atom. The molecule has 0 aliphatic carbocycles. The van der Waals surface area contributed by atoms with Gasteiger partial charge in [0.1, 0.15) is 18.4 Å². The molecule has 1 aromatic carbocycles. The summed E-state index contributed by atoms with van der Waals surface area (Å²) in [6, 6.07) is 9.23. The fraction of sp³-hybridized carbons (Fsp3) is 0.375. The van der Waals surface area contributed by atoms with E-state index in [-0.39, 0.29) is 18.6 Å². The Morgan fingerprint density at radius 2 is 2.14 bits per heavy atom. The first kappa shape index (κ1) is 15.3. The van der Waals surface area contributed by atoms with Crippen molar-refractivity contribution in [3.8, 4) is 5.75 Å².